The van der Waals surface area contributed by atoms with Gasteiger partial charge in [0.25, 0.3) is 0 Å². The molecular formula is C15H22O3. The highest BCUT2D eigenvalue weighted by Gasteiger charge is 2.10. The molecule has 0 amide bonds. The van der Waals surface area contributed by atoms with E-state index < -0.39 is 0 Å². The molecule has 0 aromatic heterocycles. The van der Waals surface area contributed by atoms with Gasteiger partial charge < -0.3 is 14.6 Å². The van der Waals surface area contributed by atoms with Gasteiger partial charge in [0.05, 0.1) is 6.61 Å². The Kier molecular flexibility index (Phi) is 6.65. The molecule has 1 N–H and O–H groups in total. The van der Waals surface area contributed by atoms with Gasteiger partial charge in [-0.3, -0.25) is 0 Å². The highest BCUT2D eigenvalue weighted by Crippen LogP contribution is 2.20. The van der Waals surface area contributed by atoms with Gasteiger partial charge in [-0.1, -0.05) is 30.3 Å². The van der Waals surface area contributed by atoms with E-state index in [0.717, 1.165) is 16.7 Å². The molecule has 0 aliphatic rings. The molecule has 0 fully saturated rings. The van der Waals surface area contributed by atoms with Gasteiger partial charge in [0, 0.05) is 18.8 Å². The molecule has 1 rings (SSSR count). The normalized spacial score (nSPS) is 12.2. The lowest BCUT2D eigenvalue weighted by Crippen LogP contribution is -2.08. The first kappa shape index (κ1) is 14.9. The number of hydrogen-bond donors (Lipinski definition) is 1. The Morgan fingerprint density at radius 1 is 1.17 bits per heavy atom. The Balaban J connectivity index is 2.79. The lowest BCUT2D eigenvalue weighted by Gasteiger charge is -2.17. The van der Waals surface area contributed by atoms with Crippen LogP contribution in [0.2, 0.25) is 0 Å². The number of aliphatic hydroxyl groups excluding tert-OH is 1. The van der Waals surface area contributed by atoms with E-state index in [1.165, 1.54) is 0 Å². The first-order valence-electron chi connectivity index (χ1n) is 6.32. The van der Waals surface area contributed by atoms with Crippen molar-refractivity contribution < 1.29 is 14.6 Å². The van der Waals surface area contributed by atoms with Crippen LogP contribution >= 0.6 is 0 Å². The van der Waals surface area contributed by atoms with Gasteiger partial charge in [0.1, 0.15) is 0 Å². The van der Waals surface area contributed by atoms with Crippen LogP contribution in [0.3, 0.4) is 0 Å². The van der Waals surface area contributed by atoms with Gasteiger partial charge in [0.15, 0.2) is 6.29 Å². The van der Waals surface area contributed by atoms with Crippen molar-refractivity contribution >= 4 is 6.08 Å². The molecule has 0 bridgehead atoms. The fourth-order valence-corrected chi connectivity index (χ4v) is 1.62. The SMILES string of the molecule is CCOC(OCC)c1ccc(/C=C(\C)CO)cc1. The van der Waals surface area contributed by atoms with Crippen molar-refractivity contribution in [1.82, 2.24) is 0 Å². The van der Waals surface area contributed by atoms with Crippen molar-refractivity contribution in [2.24, 2.45) is 0 Å². The summed E-state index contributed by atoms with van der Waals surface area (Å²) in [5.74, 6) is 0. The molecular weight excluding hydrogens is 228 g/mol. The van der Waals surface area contributed by atoms with Crippen LogP contribution in [0.25, 0.3) is 6.08 Å². The average Bonchev–Trinajstić information content (AvgIpc) is 2.39. The van der Waals surface area contributed by atoms with Crippen LogP contribution in [0.15, 0.2) is 29.8 Å². The molecule has 3 heteroatoms. The van der Waals surface area contributed by atoms with E-state index in [9.17, 15) is 0 Å². The molecule has 100 valence electrons. The largest absolute Gasteiger partial charge is 0.392 e. The van der Waals surface area contributed by atoms with E-state index in [-0.39, 0.29) is 12.9 Å². The summed E-state index contributed by atoms with van der Waals surface area (Å²) in [6, 6.07) is 7.98. The Morgan fingerprint density at radius 3 is 2.17 bits per heavy atom. The van der Waals surface area contributed by atoms with Crippen LogP contribution in [0, 0.1) is 0 Å². The third kappa shape index (κ3) is 4.61. The van der Waals surface area contributed by atoms with Crippen molar-refractivity contribution in [2.45, 2.75) is 27.1 Å². The molecule has 0 radical (unpaired) electrons. The zero-order valence-corrected chi connectivity index (χ0v) is 11.3. The Hall–Kier alpha value is -1.16. The first-order chi connectivity index (χ1) is 8.71. The Morgan fingerprint density at radius 2 is 1.72 bits per heavy atom. The van der Waals surface area contributed by atoms with E-state index in [1.54, 1.807) is 0 Å². The number of rotatable bonds is 7. The van der Waals surface area contributed by atoms with Crippen LogP contribution in [-0.4, -0.2) is 24.9 Å². The third-order valence-electron chi connectivity index (χ3n) is 2.51. The molecule has 3 nitrogen and oxygen atoms in total. The zero-order valence-electron chi connectivity index (χ0n) is 11.3. The third-order valence-corrected chi connectivity index (χ3v) is 2.51. The predicted octanol–water partition coefficient (Wildman–Crippen LogP) is 3.15. The summed E-state index contributed by atoms with van der Waals surface area (Å²) >= 11 is 0. The number of benzene rings is 1. The van der Waals surface area contributed by atoms with Crippen molar-refractivity contribution in [3.05, 3.63) is 41.0 Å². The minimum atomic E-state index is -0.294. The maximum absolute atomic E-state index is 8.97. The van der Waals surface area contributed by atoms with Crippen LogP contribution in [0.4, 0.5) is 0 Å². The number of ether oxygens (including phenoxy) is 2. The Bertz CT molecular complexity index is 362. The van der Waals surface area contributed by atoms with Crippen LogP contribution in [0.1, 0.15) is 38.2 Å². The molecule has 0 spiro atoms. The van der Waals surface area contributed by atoms with Gasteiger partial charge >= 0.3 is 0 Å². The summed E-state index contributed by atoms with van der Waals surface area (Å²) in [7, 11) is 0. The van der Waals surface area contributed by atoms with E-state index in [0.29, 0.717) is 13.2 Å². The zero-order chi connectivity index (χ0) is 13.4. The average molecular weight is 250 g/mol. The second-order valence-electron chi connectivity index (χ2n) is 4.06. The Labute approximate surface area is 109 Å². The van der Waals surface area contributed by atoms with E-state index in [1.807, 2.05) is 51.1 Å². The molecule has 0 saturated carbocycles. The smallest absolute Gasteiger partial charge is 0.183 e. The van der Waals surface area contributed by atoms with Gasteiger partial charge in [-0.05, 0) is 31.9 Å². The monoisotopic (exact) mass is 250 g/mol. The van der Waals surface area contributed by atoms with Crippen molar-refractivity contribution in [3.8, 4) is 0 Å². The number of hydrogen-bond acceptors (Lipinski definition) is 3. The fourth-order valence-electron chi connectivity index (χ4n) is 1.62. The maximum atomic E-state index is 8.97. The van der Waals surface area contributed by atoms with Crippen LogP contribution in [0.5, 0.6) is 0 Å². The van der Waals surface area contributed by atoms with Crippen molar-refractivity contribution in [2.75, 3.05) is 19.8 Å². The molecule has 0 aliphatic carbocycles. The van der Waals surface area contributed by atoms with Gasteiger partial charge in [-0.2, -0.15) is 0 Å². The molecule has 0 saturated heterocycles. The molecule has 0 aliphatic heterocycles. The minimum Gasteiger partial charge on any atom is -0.392 e. The standard InChI is InChI=1S/C15H22O3/c1-4-17-15(18-5-2)14-8-6-13(7-9-14)10-12(3)11-16/h6-10,15-16H,4-5,11H2,1-3H3/b12-10+. The minimum absolute atomic E-state index is 0.0856. The highest BCUT2D eigenvalue weighted by molar-refractivity contribution is 5.52. The topological polar surface area (TPSA) is 38.7 Å². The fraction of sp³-hybridized carbons (Fsp3) is 0.467. The maximum Gasteiger partial charge on any atom is 0.183 e. The van der Waals surface area contributed by atoms with Crippen molar-refractivity contribution in [3.63, 3.8) is 0 Å². The van der Waals surface area contributed by atoms with Crippen molar-refractivity contribution in [1.29, 1.82) is 0 Å². The second-order valence-corrected chi connectivity index (χ2v) is 4.06. The van der Waals surface area contributed by atoms with Gasteiger partial charge in [0.2, 0.25) is 0 Å². The summed E-state index contributed by atoms with van der Waals surface area (Å²) in [6.45, 7) is 7.13. The molecule has 1 aromatic rings. The molecule has 0 atom stereocenters. The molecule has 0 heterocycles. The summed E-state index contributed by atoms with van der Waals surface area (Å²) in [6.07, 6.45) is 1.66. The summed E-state index contributed by atoms with van der Waals surface area (Å²) in [5.41, 5.74) is 3.02. The van der Waals surface area contributed by atoms with E-state index >= 15 is 0 Å². The summed E-state index contributed by atoms with van der Waals surface area (Å²) < 4.78 is 11.1. The molecule has 0 unspecified atom stereocenters. The van der Waals surface area contributed by atoms with Gasteiger partial charge in [-0.25, -0.2) is 0 Å². The highest BCUT2D eigenvalue weighted by atomic mass is 16.7. The summed E-state index contributed by atoms with van der Waals surface area (Å²) in [5, 5.41) is 8.97. The molecule has 18 heavy (non-hydrogen) atoms. The second kappa shape index (κ2) is 8.03. The van der Waals surface area contributed by atoms with Crippen LogP contribution < -0.4 is 0 Å². The lowest BCUT2D eigenvalue weighted by molar-refractivity contribution is -0.140. The van der Waals surface area contributed by atoms with Crippen LogP contribution in [-0.2, 0) is 9.47 Å². The van der Waals surface area contributed by atoms with E-state index in [2.05, 4.69) is 0 Å². The first-order valence-corrected chi connectivity index (χ1v) is 6.32. The lowest BCUT2D eigenvalue weighted by atomic mass is 10.1. The van der Waals surface area contributed by atoms with E-state index in [4.69, 9.17) is 14.6 Å². The van der Waals surface area contributed by atoms with Gasteiger partial charge in [-0.15, -0.1) is 0 Å². The predicted molar refractivity (Wildman–Crippen MR) is 73.2 cm³/mol. The quantitative estimate of drug-likeness (QED) is 0.755. The summed E-state index contributed by atoms with van der Waals surface area (Å²) in [4.78, 5) is 0. The molecule has 1 aromatic carbocycles. The number of aliphatic hydroxyl groups is 1.